The number of amides is 1. The average Bonchev–Trinajstić information content (AvgIpc) is 2.87. The van der Waals surface area contributed by atoms with E-state index in [2.05, 4.69) is 61.7 Å². The second kappa shape index (κ2) is 12.0. The number of fused-ring (bicyclic) bond motifs is 3. The molecule has 5 rings (SSSR count). The molecule has 212 valence electrons. The lowest BCUT2D eigenvalue weighted by atomic mass is 9.73. The highest BCUT2D eigenvalue weighted by Gasteiger charge is 2.46. The lowest BCUT2D eigenvalue weighted by Crippen LogP contribution is -2.52. The Balaban J connectivity index is 1.32. The fourth-order valence-electron chi connectivity index (χ4n) is 6.45. The van der Waals surface area contributed by atoms with Gasteiger partial charge in [-0.25, -0.2) is 4.98 Å². The Kier molecular flexibility index (Phi) is 8.63. The first-order chi connectivity index (χ1) is 18.7. The van der Waals surface area contributed by atoms with Gasteiger partial charge < -0.3 is 20.5 Å². The van der Waals surface area contributed by atoms with E-state index < -0.39 is 6.10 Å². The first-order valence-corrected chi connectivity index (χ1v) is 15.1. The minimum atomic E-state index is -0.711. The molecule has 3 atom stereocenters. The minimum Gasteiger partial charge on any atom is -0.471 e. The van der Waals surface area contributed by atoms with Gasteiger partial charge in [0.2, 0.25) is 11.8 Å². The van der Waals surface area contributed by atoms with Crippen LogP contribution in [0, 0.1) is 5.41 Å². The number of nitrogens with zero attached hydrogens (tertiary/aromatic N) is 1. The summed E-state index contributed by atoms with van der Waals surface area (Å²) in [5.41, 5.74) is 4.83. The molecule has 2 aliphatic heterocycles. The quantitative estimate of drug-likeness (QED) is 0.466. The van der Waals surface area contributed by atoms with Gasteiger partial charge >= 0.3 is 0 Å². The van der Waals surface area contributed by atoms with E-state index in [4.69, 9.17) is 9.72 Å². The predicted octanol–water partition coefficient (Wildman–Crippen LogP) is 5.60. The topological polar surface area (TPSA) is 83.5 Å². The molecule has 1 saturated carbocycles. The molecule has 0 radical (unpaired) electrons. The number of aliphatic hydroxyl groups is 1. The van der Waals surface area contributed by atoms with Crippen molar-refractivity contribution in [2.24, 2.45) is 5.41 Å². The summed E-state index contributed by atoms with van der Waals surface area (Å²) in [7, 11) is 0. The van der Waals surface area contributed by atoms with Gasteiger partial charge in [-0.2, -0.15) is 0 Å². The maximum atomic E-state index is 12.8. The monoisotopic (exact) mass is 533 g/mol. The van der Waals surface area contributed by atoms with Gasteiger partial charge in [0.25, 0.3) is 0 Å². The Morgan fingerprint density at radius 3 is 2.62 bits per heavy atom. The zero-order chi connectivity index (χ0) is 27.5. The van der Waals surface area contributed by atoms with Crippen LogP contribution < -0.4 is 15.4 Å². The summed E-state index contributed by atoms with van der Waals surface area (Å²) in [6.07, 6.45) is 12.8. The molecule has 1 aliphatic carbocycles. The molecule has 6 nitrogen and oxygen atoms in total. The summed E-state index contributed by atoms with van der Waals surface area (Å²) >= 11 is 0. The van der Waals surface area contributed by atoms with Crippen molar-refractivity contribution in [2.45, 2.75) is 122 Å². The number of benzene rings is 1. The van der Waals surface area contributed by atoms with Gasteiger partial charge in [-0.3, -0.25) is 4.79 Å². The Bertz CT molecular complexity index is 1140. The van der Waals surface area contributed by atoms with Gasteiger partial charge in [-0.15, -0.1) is 0 Å². The van der Waals surface area contributed by atoms with Gasteiger partial charge in [0, 0.05) is 37.2 Å². The molecule has 39 heavy (non-hydrogen) atoms. The van der Waals surface area contributed by atoms with Gasteiger partial charge in [0.15, 0.2) is 0 Å². The van der Waals surface area contributed by atoms with E-state index in [9.17, 15) is 9.90 Å². The van der Waals surface area contributed by atoms with Crippen LogP contribution in [0.1, 0.15) is 107 Å². The number of aliphatic hydroxyl groups excluding tert-OH is 1. The number of carbonyl (C=O) groups excluding carboxylic acids is 1. The van der Waals surface area contributed by atoms with E-state index >= 15 is 0 Å². The van der Waals surface area contributed by atoms with Gasteiger partial charge in [0.05, 0.1) is 12.1 Å². The van der Waals surface area contributed by atoms with Gasteiger partial charge in [-0.05, 0) is 79.5 Å². The van der Waals surface area contributed by atoms with Crippen LogP contribution in [0.15, 0.2) is 36.5 Å². The number of pyridine rings is 1. The fourth-order valence-corrected chi connectivity index (χ4v) is 6.45. The van der Waals surface area contributed by atoms with Crippen molar-refractivity contribution in [1.29, 1.82) is 0 Å². The normalized spacial score (nSPS) is 24.2. The van der Waals surface area contributed by atoms with Crippen LogP contribution >= 0.6 is 0 Å². The van der Waals surface area contributed by atoms with Crippen LogP contribution in [0.2, 0.25) is 0 Å². The van der Waals surface area contributed by atoms with Gasteiger partial charge in [0.1, 0.15) is 5.60 Å². The molecular weight excluding hydrogens is 486 g/mol. The molecule has 0 unspecified atom stereocenters. The van der Waals surface area contributed by atoms with Crippen molar-refractivity contribution in [3.63, 3.8) is 0 Å². The molecule has 1 aromatic carbocycles. The summed E-state index contributed by atoms with van der Waals surface area (Å²) in [5, 5.41) is 18.3. The molecule has 1 spiro atoms. The number of rotatable bonds is 5. The highest BCUT2D eigenvalue weighted by Crippen LogP contribution is 2.48. The Labute approximate surface area is 234 Å². The molecule has 2 bridgehead atoms. The van der Waals surface area contributed by atoms with E-state index in [1.807, 2.05) is 6.20 Å². The first kappa shape index (κ1) is 28.1. The number of nitrogens with one attached hydrogen (secondary N) is 2. The lowest BCUT2D eigenvalue weighted by Gasteiger charge is -2.47. The summed E-state index contributed by atoms with van der Waals surface area (Å²) in [6, 6.07) is 10.6. The molecule has 3 N–H and O–H groups in total. The fraction of sp³-hybridized carbons (Fsp3) is 0.636. The SMILES string of the molecule is CC(C)(C)Cc1cnc2c(c1)[C@@H](NC[C@@H](O)[C@@H]1Cc3cccc(c3)CCCCCCC(=O)N1)CC1(CCC1)O2. The largest absolute Gasteiger partial charge is 0.471 e. The second-order valence-electron chi connectivity index (χ2n) is 13.5. The second-order valence-corrected chi connectivity index (χ2v) is 13.5. The number of ether oxygens (including phenoxy) is 1. The van der Waals surface area contributed by atoms with Crippen molar-refractivity contribution in [2.75, 3.05) is 6.54 Å². The summed E-state index contributed by atoms with van der Waals surface area (Å²) in [4.78, 5) is 17.6. The number of hydrogen-bond acceptors (Lipinski definition) is 5. The van der Waals surface area contributed by atoms with Crippen LogP contribution in [0.3, 0.4) is 0 Å². The molecule has 3 aliphatic rings. The van der Waals surface area contributed by atoms with E-state index in [0.717, 1.165) is 74.8 Å². The van der Waals surface area contributed by atoms with Crippen molar-refractivity contribution >= 4 is 5.91 Å². The predicted molar refractivity (Wildman–Crippen MR) is 155 cm³/mol. The molecule has 1 aromatic heterocycles. The molecule has 3 heterocycles. The number of hydrogen-bond donors (Lipinski definition) is 3. The third-order valence-electron chi connectivity index (χ3n) is 8.65. The Morgan fingerprint density at radius 2 is 1.87 bits per heavy atom. The third-order valence-corrected chi connectivity index (χ3v) is 8.65. The van der Waals surface area contributed by atoms with Crippen molar-refractivity contribution in [3.8, 4) is 5.88 Å². The van der Waals surface area contributed by atoms with Crippen LogP contribution in [0.5, 0.6) is 5.88 Å². The molecular formula is C33H47N3O3. The summed E-state index contributed by atoms with van der Waals surface area (Å²) < 4.78 is 6.45. The van der Waals surface area contributed by atoms with E-state index in [-0.39, 0.29) is 29.0 Å². The summed E-state index contributed by atoms with van der Waals surface area (Å²) in [6.45, 7) is 7.13. The summed E-state index contributed by atoms with van der Waals surface area (Å²) in [5.74, 6) is 0.771. The van der Waals surface area contributed by atoms with Crippen LogP contribution in [0.25, 0.3) is 0 Å². The maximum absolute atomic E-state index is 12.8. The van der Waals surface area contributed by atoms with Gasteiger partial charge in [-0.1, -0.05) is 57.9 Å². The van der Waals surface area contributed by atoms with Crippen LogP contribution in [-0.2, 0) is 24.1 Å². The van der Waals surface area contributed by atoms with Crippen molar-refractivity contribution < 1.29 is 14.6 Å². The average molecular weight is 534 g/mol. The first-order valence-electron chi connectivity index (χ1n) is 15.1. The molecule has 0 saturated heterocycles. The number of aromatic nitrogens is 1. The zero-order valence-electron chi connectivity index (χ0n) is 24.1. The zero-order valence-corrected chi connectivity index (χ0v) is 24.1. The van der Waals surface area contributed by atoms with Crippen LogP contribution in [0.4, 0.5) is 0 Å². The standard InChI is InChI=1S/C33H47N3O3/c1-32(2,3)19-25-17-26-28(20-33(14-9-15-33)39-31(26)35-21-25)34-22-29(37)27-18-24-12-8-11-23(16-24)10-6-4-5-7-13-30(38)36-27/h8,11-12,16-17,21,27-29,34,37H,4-7,9-10,13-15,18-20,22H2,1-3H3,(H,36,38)/t27-,28-,29+/m0/s1. The minimum absolute atomic E-state index is 0.0373. The van der Waals surface area contributed by atoms with Crippen molar-refractivity contribution in [1.82, 2.24) is 15.6 Å². The molecule has 1 fully saturated rings. The highest BCUT2D eigenvalue weighted by atomic mass is 16.5. The Hall–Kier alpha value is -2.44. The lowest BCUT2D eigenvalue weighted by molar-refractivity contribution is -0.122. The van der Waals surface area contributed by atoms with Crippen LogP contribution in [-0.4, -0.2) is 40.3 Å². The number of carbonyl (C=O) groups is 1. The number of aryl methyl sites for hydroxylation is 1. The molecule has 1 amide bonds. The smallest absolute Gasteiger partial charge is 0.220 e. The van der Waals surface area contributed by atoms with E-state index in [1.54, 1.807) is 0 Å². The maximum Gasteiger partial charge on any atom is 0.220 e. The van der Waals surface area contributed by atoms with E-state index in [1.165, 1.54) is 17.5 Å². The van der Waals surface area contributed by atoms with Crippen molar-refractivity contribution in [3.05, 3.63) is 58.8 Å². The highest BCUT2D eigenvalue weighted by molar-refractivity contribution is 5.76. The molecule has 2 aromatic rings. The molecule has 6 heteroatoms. The third kappa shape index (κ3) is 7.40. The Morgan fingerprint density at radius 1 is 1.10 bits per heavy atom. The van der Waals surface area contributed by atoms with E-state index in [0.29, 0.717) is 19.4 Å².